The summed E-state index contributed by atoms with van der Waals surface area (Å²) in [5, 5.41) is 1.16. The Kier molecular flexibility index (Phi) is 6.43. The van der Waals surface area contributed by atoms with E-state index in [-0.39, 0.29) is 0 Å². The van der Waals surface area contributed by atoms with Gasteiger partial charge >= 0.3 is 0 Å². The molecule has 0 aliphatic heterocycles. The monoisotopic (exact) mass is 674 g/mol. The van der Waals surface area contributed by atoms with Gasteiger partial charge in [0.1, 0.15) is 0 Å². The van der Waals surface area contributed by atoms with Crippen molar-refractivity contribution < 1.29 is 0 Å². The first-order valence-electron chi connectivity index (χ1n) is 18.0. The maximum Gasteiger partial charge on any atom is 0.164 e. The molecule has 0 N–H and O–H groups in total. The van der Waals surface area contributed by atoms with Crippen LogP contribution in [0.1, 0.15) is 22.3 Å². The number of hydrogen-bond donors (Lipinski definition) is 0. The fourth-order valence-electron chi connectivity index (χ4n) is 8.83. The average molecular weight is 675 g/mol. The number of aromatic nitrogens is 4. The van der Waals surface area contributed by atoms with Crippen molar-refractivity contribution in [1.29, 1.82) is 0 Å². The van der Waals surface area contributed by atoms with E-state index in [2.05, 4.69) is 121 Å². The molecule has 1 spiro atoms. The normalized spacial score (nSPS) is 13.1. The number of benzene rings is 7. The zero-order chi connectivity index (χ0) is 34.9. The highest BCUT2D eigenvalue weighted by atomic mass is 15.0. The van der Waals surface area contributed by atoms with Crippen molar-refractivity contribution in [2.24, 2.45) is 0 Å². The number of fused-ring (bicyclic) bond motifs is 12. The summed E-state index contributed by atoms with van der Waals surface area (Å²) in [5.41, 5.74) is 15.2. The Morgan fingerprint density at radius 3 is 1.36 bits per heavy atom. The molecule has 11 rings (SSSR count). The van der Waals surface area contributed by atoms with Crippen LogP contribution >= 0.6 is 0 Å². The van der Waals surface area contributed by atoms with Crippen molar-refractivity contribution in [3.8, 4) is 67.7 Å². The minimum absolute atomic E-state index is 0.514. The molecule has 246 valence electrons. The van der Waals surface area contributed by atoms with Crippen molar-refractivity contribution in [1.82, 2.24) is 19.9 Å². The number of hydrogen-bond acceptors (Lipinski definition) is 4. The Labute approximate surface area is 307 Å². The minimum Gasteiger partial charge on any atom is -0.247 e. The largest absolute Gasteiger partial charge is 0.247 e. The molecule has 0 bridgehead atoms. The molecule has 9 aromatic rings. The second-order valence-corrected chi connectivity index (χ2v) is 13.7. The average Bonchev–Trinajstić information content (AvgIpc) is 3.72. The first kappa shape index (κ1) is 29.7. The number of rotatable bonds is 4. The molecule has 2 aliphatic carbocycles. The lowest BCUT2D eigenvalue weighted by molar-refractivity contribution is 0.801. The second kappa shape index (κ2) is 11.5. The molecule has 2 heterocycles. The lowest BCUT2D eigenvalue weighted by atomic mass is 9.69. The summed E-state index contributed by atoms with van der Waals surface area (Å²) in [5.74, 6) is 1.86. The molecule has 0 saturated heterocycles. The smallest absolute Gasteiger partial charge is 0.164 e. The summed E-state index contributed by atoms with van der Waals surface area (Å²) >= 11 is 0. The second-order valence-electron chi connectivity index (χ2n) is 13.7. The van der Waals surface area contributed by atoms with Gasteiger partial charge in [0.25, 0.3) is 0 Å². The summed E-state index contributed by atoms with van der Waals surface area (Å²) in [6, 6.07) is 64.2. The Hall–Kier alpha value is -7.04. The highest BCUT2D eigenvalue weighted by Crippen LogP contribution is 2.65. The Balaban J connectivity index is 1.25. The molecule has 0 radical (unpaired) electrons. The topological polar surface area (TPSA) is 51.6 Å². The molecule has 0 atom stereocenters. The molecule has 0 amide bonds. The Morgan fingerprint density at radius 2 is 0.755 bits per heavy atom. The van der Waals surface area contributed by atoms with Crippen molar-refractivity contribution in [2.75, 3.05) is 0 Å². The molecule has 4 nitrogen and oxygen atoms in total. The van der Waals surface area contributed by atoms with Gasteiger partial charge in [0.05, 0.1) is 16.6 Å². The van der Waals surface area contributed by atoms with E-state index >= 15 is 0 Å². The first-order chi connectivity index (χ1) is 26.3. The summed E-state index contributed by atoms with van der Waals surface area (Å²) < 4.78 is 0. The van der Waals surface area contributed by atoms with Crippen molar-refractivity contribution in [3.05, 3.63) is 204 Å². The lowest BCUT2D eigenvalue weighted by Gasteiger charge is -2.31. The quantitative estimate of drug-likeness (QED) is 0.186. The molecule has 0 fully saturated rings. The third-order valence-electron chi connectivity index (χ3n) is 10.9. The minimum atomic E-state index is -0.514. The zero-order valence-corrected chi connectivity index (χ0v) is 28.6. The van der Waals surface area contributed by atoms with Crippen LogP contribution in [-0.2, 0) is 5.41 Å². The van der Waals surface area contributed by atoms with Gasteiger partial charge in [-0.2, -0.15) is 0 Å². The van der Waals surface area contributed by atoms with Gasteiger partial charge in [-0.15, -0.1) is 0 Å². The van der Waals surface area contributed by atoms with Gasteiger partial charge in [-0.25, -0.2) is 19.9 Å². The maximum atomic E-state index is 5.56. The van der Waals surface area contributed by atoms with Crippen LogP contribution in [-0.4, -0.2) is 19.9 Å². The molecular weight excluding hydrogens is 645 g/mol. The highest BCUT2D eigenvalue weighted by Gasteiger charge is 2.53. The predicted molar refractivity (Wildman–Crippen MR) is 213 cm³/mol. The van der Waals surface area contributed by atoms with Crippen molar-refractivity contribution in [2.45, 2.75) is 5.41 Å². The third-order valence-corrected chi connectivity index (χ3v) is 10.9. The van der Waals surface area contributed by atoms with Gasteiger partial charge in [0.2, 0.25) is 0 Å². The Morgan fingerprint density at radius 1 is 0.321 bits per heavy atom. The fourth-order valence-corrected chi connectivity index (χ4v) is 8.83. The zero-order valence-electron chi connectivity index (χ0n) is 28.6. The van der Waals surface area contributed by atoms with E-state index in [9.17, 15) is 0 Å². The fraction of sp³-hybridized carbons (Fsp3) is 0.0204. The van der Waals surface area contributed by atoms with Crippen LogP contribution < -0.4 is 0 Å². The molecule has 7 aromatic carbocycles. The summed E-state index contributed by atoms with van der Waals surface area (Å²) in [7, 11) is 0. The predicted octanol–water partition coefficient (Wildman–Crippen LogP) is 11.4. The molecule has 2 aliphatic rings. The van der Waals surface area contributed by atoms with Crippen LogP contribution in [0.5, 0.6) is 0 Å². The molecule has 53 heavy (non-hydrogen) atoms. The SMILES string of the molecule is c1ccc(-c2nc(-c3ccccc3)nc(-c3ccccc3-c3nc4ccccc4c4c3-c3ccccc3C43c4ccccc4-c4ccccc43)n2)cc1. The van der Waals surface area contributed by atoms with E-state index in [0.29, 0.717) is 17.5 Å². The molecule has 2 aromatic heterocycles. The van der Waals surface area contributed by atoms with Crippen LogP contribution in [0.3, 0.4) is 0 Å². The van der Waals surface area contributed by atoms with Crippen molar-refractivity contribution >= 4 is 10.9 Å². The van der Waals surface area contributed by atoms with Gasteiger partial charge in [-0.1, -0.05) is 176 Å². The van der Waals surface area contributed by atoms with E-state index in [1.165, 1.54) is 38.9 Å². The third kappa shape index (κ3) is 4.24. The van der Waals surface area contributed by atoms with Crippen LogP contribution in [0, 0.1) is 0 Å². The summed E-state index contributed by atoms with van der Waals surface area (Å²) in [4.78, 5) is 20.9. The standard InChI is InChI=1S/C49H30N4/c1-3-17-31(18-4-1)46-51-47(32-19-5-2-6-20-32)53-48(52-46)36-24-8-7-23-35(36)45-43-37-25-11-15-29-41(37)49(44(43)38-26-12-16-30-42(38)50-45)39-27-13-9-21-33(39)34-22-10-14-28-40(34)49/h1-30H. The van der Waals surface area contributed by atoms with Crippen LogP contribution in [0.4, 0.5) is 0 Å². The van der Waals surface area contributed by atoms with Gasteiger partial charge < -0.3 is 0 Å². The van der Waals surface area contributed by atoms with E-state index < -0.39 is 5.41 Å². The molecule has 0 unspecified atom stereocenters. The lowest BCUT2D eigenvalue weighted by Crippen LogP contribution is -2.26. The van der Waals surface area contributed by atoms with Gasteiger partial charge in [0, 0.05) is 33.2 Å². The van der Waals surface area contributed by atoms with Gasteiger partial charge in [-0.05, 0) is 45.0 Å². The van der Waals surface area contributed by atoms with E-state index in [1.807, 2.05) is 60.7 Å². The van der Waals surface area contributed by atoms with E-state index in [1.54, 1.807) is 0 Å². The highest BCUT2D eigenvalue weighted by molar-refractivity contribution is 6.07. The first-order valence-corrected chi connectivity index (χ1v) is 18.0. The van der Waals surface area contributed by atoms with E-state index in [0.717, 1.165) is 44.4 Å². The number of nitrogens with zero attached hydrogens (tertiary/aromatic N) is 4. The molecule has 0 saturated carbocycles. The van der Waals surface area contributed by atoms with Crippen LogP contribution in [0.25, 0.3) is 78.6 Å². The van der Waals surface area contributed by atoms with Gasteiger partial charge in [0.15, 0.2) is 17.5 Å². The maximum absolute atomic E-state index is 5.56. The number of para-hydroxylation sites is 1. The summed E-state index contributed by atoms with van der Waals surface area (Å²) in [6.45, 7) is 0. The molecule has 4 heteroatoms. The Bertz CT molecular complexity index is 2790. The van der Waals surface area contributed by atoms with Crippen molar-refractivity contribution in [3.63, 3.8) is 0 Å². The number of pyridine rings is 1. The van der Waals surface area contributed by atoms with E-state index in [4.69, 9.17) is 19.9 Å². The van der Waals surface area contributed by atoms with Gasteiger partial charge in [-0.3, -0.25) is 0 Å². The summed E-state index contributed by atoms with van der Waals surface area (Å²) in [6.07, 6.45) is 0. The molecular formula is C49H30N4. The van der Waals surface area contributed by atoms with Crippen LogP contribution in [0.15, 0.2) is 182 Å². The van der Waals surface area contributed by atoms with Crippen LogP contribution in [0.2, 0.25) is 0 Å².